The zero-order valence-corrected chi connectivity index (χ0v) is 15.9. The van der Waals surface area contributed by atoms with E-state index in [9.17, 15) is 19.7 Å². The number of hydrogen-bond donors (Lipinski definition) is 1. The molecule has 9 nitrogen and oxygen atoms in total. The third-order valence-electron chi connectivity index (χ3n) is 3.96. The van der Waals surface area contributed by atoms with Crippen LogP contribution in [-0.4, -0.2) is 27.6 Å². The Morgan fingerprint density at radius 2 is 2.14 bits per heavy atom. The van der Waals surface area contributed by atoms with Crippen LogP contribution in [0.4, 0.5) is 16.5 Å². The molecule has 0 amide bonds. The number of carbonyl (C=O) groups is 1. The number of hydrogen-bond acceptors (Lipinski definition) is 8. The average molecular weight is 400 g/mol. The summed E-state index contributed by atoms with van der Waals surface area (Å²) in [7, 11) is 1.11. The molecule has 0 saturated carbocycles. The number of pyridine rings is 1. The van der Waals surface area contributed by atoms with Crippen molar-refractivity contribution in [2.75, 3.05) is 12.4 Å². The van der Waals surface area contributed by atoms with Crippen LogP contribution in [0.5, 0.6) is 0 Å². The fraction of sp³-hybridized carbons (Fsp3) is 0.167. The van der Waals surface area contributed by atoms with E-state index in [-0.39, 0.29) is 12.2 Å². The summed E-state index contributed by atoms with van der Waals surface area (Å²) < 4.78 is 5.62. The Morgan fingerprint density at radius 1 is 1.39 bits per heavy atom. The van der Waals surface area contributed by atoms with Crippen LogP contribution in [0.25, 0.3) is 0 Å². The van der Waals surface area contributed by atoms with Crippen LogP contribution in [0.3, 0.4) is 0 Å². The summed E-state index contributed by atoms with van der Waals surface area (Å²) in [4.78, 5) is 39.1. The molecule has 0 aliphatic carbocycles. The number of para-hydroxylation sites is 1. The van der Waals surface area contributed by atoms with Gasteiger partial charge in [-0.2, -0.15) is 0 Å². The van der Waals surface area contributed by atoms with Gasteiger partial charge in [0.1, 0.15) is 5.56 Å². The molecule has 0 radical (unpaired) electrons. The van der Waals surface area contributed by atoms with Gasteiger partial charge in [0.2, 0.25) is 0 Å². The van der Waals surface area contributed by atoms with E-state index >= 15 is 0 Å². The van der Waals surface area contributed by atoms with Gasteiger partial charge in [0.15, 0.2) is 5.13 Å². The van der Waals surface area contributed by atoms with E-state index in [1.165, 1.54) is 11.3 Å². The minimum absolute atomic E-state index is 0.0174. The number of carbonyl (C=O) groups excluding carboxylic acids is 1. The lowest BCUT2D eigenvalue weighted by Crippen LogP contribution is -2.27. The number of nitrogens with one attached hydrogen (secondary N) is 1. The first-order valence-corrected chi connectivity index (χ1v) is 9.01. The molecule has 3 aromatic rings. The van der Waals surface area contributed by atoms with Crippen LogP contribution in [-0.2, 0) is 11.3 Å². The highest BCUT2D eigenvalue weighted by molar-refractivity contribution is 7.13. The second-order valence-corrected chi connectivity index (χ2v) is 6.74. The number of aryl methyl sites for hydroxylation is 1. The van der Waals surface area contributed by atoms with Gasteiger partial charge in [-0.15, -0.1) is 11.3 Å². The summed E-state index contributed by atoms with van der Waals surface area (Å²) in [5.41, 5.74) is 1.03. The Hall–Kier alpha value is -3.53. The van der Waals surface area contributed by atoms with E-state index in [1.807, 2.05) is 31.2 Å². The van der Waals surface area contributed by atoms with Gasteiger partial charge < -0.3 is 14.6 Å². The lowest BCUT2D eigenvalue weighted by Gasteiger charge is -2.07. The molecule has 3 rings (SSSR count). The van der Waals surface area contributed by atoms with Crippen molar-refractivity contribution in [3.8, 4) is 0 Å². The van der Waals surface area contributed by atoms with Crippen molar-refractivity contribution < 1.29 is 14.5 Å². The monoisotopic (exact) mass is 400 g/mol. The van der Waals surface area contributed by atoms with E-state index in [0.717, 1.165) is 35.2 Å². The molecule has 0 fully saturated rings. The second kappa shape index (κ2) is 8.01. The van der Waals surface area contributed by atoms with Crippen molar-refractivity contribution in [1.82, 2.24) is 9.55 Å². The number of benzene rings is 1. The molecular formula is C18H16N4O5S. The number of nitro groups is 1. The molecule has 0 aliphatic heterocycles. The molecule has 0 saturated heterocycles. The number of esters is 1. The number of nitrogens with zero attached hydrogens (tertiary/aromatic N) is 3. The Morgan fingerprint density at radius 3 is 2.82 bits per heavy atom. The molecule has 0 atom stereocenters. The Balaban J connectivity index is 1.90. The van der Waals surface area contributed by atoms with Crippen molar-refractivity contribution in [2.45, 2.75) is 13.5 Å². The quantitative estimate of drug-likeness (QED) is 0.384. The van der Waals surface area contributed by atoms with Crippen molar-refractivity contribution >= 4 is 33.8 Å². The van der Waals surface area contributed by atoms with Crippen LogP contribution in [0.15, 0.2) is 46.7 Å². The normalized spacial score (nSPS) is 10.5. The van der Waals surface area contributed by atoms with Gasteiger partial charge >= 0.3 is 5.97 Å². The van der Waals surface area contributed by atoms with Gasteiger partial charge in [-0.05, 0) is 18.6 Å². The number of rotatable bonds is 6. The summed E-state index contributed by atoms with van der Waals surface area (Å²) in [5.74, 6) is -0.928. The van der Waals surface area contributed by atoms with Gasteiger partial charge in [-0.25, -0.2) is 9.78 Å². The molecule has 0 spiro atoms. The van der Waals surface area contributed by atoms with Crippen molar-refractivity contribution in [3.05, 3.63) is 79.2 Å². The summed E-state index contributed by atoms with van der Waals surface area (Å²) in [5, 5.41) is 16.7. The number of methoxy groups -OCH3 is 1. The van der Waals surface area contributed by atoms with Gasteiger partial charge in [0.25, 0.3) is 11.2 Å². The third-order valence-corrected chi connectivity index (χ3v) is 4.77. The fourth-order valence-electron chi connectivity index (χ4n) is 2.53. The smallest absolute Gasteiger partial charge is 0.343 e. The first-order chi connectivity index (χ1) is 13.4. The molecule has 2 heterocycles. The standard InChI is InChI=1S/C18H16N4O5S/c1-11-5-3-4-6-15(11)20-18-19-12(10-28-18)8-21-9-13(22(25)26)7-14(16(21)23)17(24)27-2/h3-7,9-10H,8H2,1-2H3,(H,19,20). The van der Waals surface area contributed by atoms with Crippen LogP contribution < -0.4 is 10.9 Å². The second-order valence-electron chi connectivity index (χ2n) is 5.88. The molecule has 0 unspecified atom stereocenters. The molecule has 10 heteroatoms. The van der Waals surface area contributed by atoms with Crippen LogP contribution >= 0.6 is 11.3 Å². The first-order valence-electron chi connectivity index (χ1n) is 8.13. The summed E-state index contributed by atoms with van der Waals surface area (Å²) in [6.45, 7) is 1.95. The minimum Gasteiger partial charge on any atom is -0.465 e. The number of aromatic nitrogens is 2. The van der Waals surface area contributed by atoms with E-state index in [2.05, 4.69) is 15.0 Å². The highest BCUT2D eigenvalue weighted by Gasteiger charge is 2.20. The van der Waals surface area contributed by atoms with Crippen molar-refractivity contribution in [2.24, 2.45) is 0 Å². The zero-order chi connectivity index (χ0) is 20.3. The summed E-state index contributed by atoms with van der Waals surface area (Å²) in [6.07, 6.45) is 1.09. The highest BCUT2D eigenvalue weighted by atomic mass is 32.1. The van der Waals surface area contributed by atoms with E-state index in [4.69, 9.17) is 0 Å². The summed E-state index contributed by atoms with van der Waals surface area (Å²) >= 11 is 1.34. The fourth-order valence-corrected chi connectivity index (χ4v) is 3.25. The third kappa shape index (κ3) is 4.07. The first kappa shape index (κ1) is 19.2. The lowest BCUT2D eigenvalue weighted by molar-refractivity contribution is -0.385. The molecule has 1 aromatic carbocycles. The number of thiazole rings is 1. The molecule has 1 N–H and O–H groups in total. The molecule has 2 aromatic heterocycles. The Kier molecular flexibility index (Phi) is 5.50. The topological polar surface area (TPSA) is 116 Å². The maximum atomic E-state index is 12.5. The number of ether oxygens (including phenoxy) is 1. The molecule has 28 heavy (non-hydrogen) atoms. The molecular weight excluding hydrogens is 384 g/mol. The molecule has 0 aliphatic rings. The maximum Gasteiger partial charge on any atom is 0.343 e. The van der Waals surface area contributed by atoms with Gasteiger partial charge in [0, 0.05) is 17.1 Å². The maximum absolute atomic E-state index is 12.5. The average Bonchev–Trinajstić information content (AvgIpc) is 3.11. The predicted octanol–water partition coefficient (Wildman–Crippen LogP) is 3.10. The highest BCUT2D eigenvalue weighted by Crippen LogP contribution is 2.23. The van der Waals surface area contributed by atoms with Gasteiger partial charge in [-0.1, -0.05) is 18.2 Å². The van der Waals surface area contributed by atoms with Crippen molar-refractivity contribution in [3.63, 3.8) is 0 Å². The van der Waals surface area contributed by atoms with E-state index < -0.39 is 22.0 Å². The summed E-state index contributed by atoms with van der Waals surface area (Å²) in [6, 6.07) is 8.64. The zero-order valence-electron chi connectivity index (χ0n) is 15.0. The number of anilines is 2. The SMILES string of the molecule is COC(=O)c1cc([N+](=O)[O-])cn(Cc2csc(Nc3ccccc3C)n2)c1=O. The van der Waals surface area contributed by atoms with Crippen LogP contribution in [0, 0.1) is 17.0 Å². The minimum atomic E-state index is -0.928. The van der Waals surface area contributed by atoms with Gasteiger partial charge in [-0.3, -0.25) is 14.9 Å². The van der Waals surface area contributed by atoms with E-state index in [1.54, 1.807) is 5.38 Å². The van der Waals surface area contributed by atoms with Crippen LogP contribution in [0.2, 0.25) is 0 Å². The van der Waals surface area contributed by atoms with Crippen molar-refractivity contribution in [1.29, 1.82) is 0 Å². The van der Waals surface area contributed by atoms with E-state index in [0.29, 0.717) is 10.8 Å². The lowest BCUT2D eigenvalue weighted by atomic mass is 10.2. The Labute approximate surface area is 163 Å². The van der Waals surface area contributed by atoms with Crippen LogP contribution in [0.1, 0.15) is 21.6 Å². The largest absolute Gasteiger partial charge is 0.465 e. The molecule has 144 valence electrons. The van der Waals surface area contributed by atoms with Gasteiger partial charge in [0.05, 0.1) is 30.5 Å². The molecule has 0 bridgehead atoms. The predicted molar refractivity (Wildman–Crippen MR) is 104 cm³/mol. The Bertz CT molecular complexity index is 1110.